The van der Waals surface area contributed by atoms with Gasteiger partial charge in [-0.2, -0.15) is 0 Å². The second-order valence-electron chi connectivity index (χ2n) is 8.26. The van der Waals surface area contributed by atoms with Crippen LogP contribution in [0.15, 0.2) is 66.4 Å². The van der Waals surface area contributed by atoms with Crippen LogP contribution in [0, 0.1) is 19.7 Å². The second-order valence-corrected chi connectivity index (χ2v) is 8.26. The molecular weight excluding hydrogens is 435 g/mol. The van der Waals surface area contributed by atoms with E-state index >= 15 is 0 Å². The van der Waals surface area contributed by atoms with Gasteiger partial charge in [-0.25, -0.2) is 4.39 Å². The number of hydrogen-bond donors (Lipinski definition) is 1. The van der Waals surface area contributed by atoms with E-state index in [9.17, 15) is 19.1 Å². The first-order valence-electron chi connectivity index (χ1n) is 10.9. The summed E-state index contributed by atoms with van der Waals surface area (Å²) in [5.74, 6) is -1.40. The van der Waals surface area contributed by atoms with Crippen LogP contribution in [0.5, 0.6) is 5.75 Å². The second kappa shape index (κ2) is 9.47. The van der Waals surface area contributed by atoms with Crippen molar-refractivity contribution in [3.05, 3.63) is 100 Å². The summed E-state index contributed by atoms with van der Waals surface area (Å²) in [5, 5.41) is 11.3. The molecule has 1 amide bonds. The normalized spacial score (nSPS) is 17.3. The maximum absolute atomic E-state index is 13.3. The number of Topliss-reactive ketones (excluding diaryl/α,β-unsaturated/α-hetero) is 1. The Kier molecular flexibility index (Phi) is 6.45. The molecule has 7 heteroatoms. The van der Waals surface area contributed by atoms with E-state index in [1.165, 1.54) is 17.0 Å². The molecular formula is C27H25FN2O4. The SMILES string of the molecule is COc1cc(C)c(/C(O)=C2\C(=O)C(=O)N(CCc3ccc(F)cc3)C2c2ccccn2)cc1C. The monoisotopic (exact) mass is 460 g/mol. The lowest BCUT2D eigenvalue weighted by atomic mass is 9.95. The van der Waals surface area contributed by atoms with E-state index in [1.54, 1.807) is 62.7 Å². The van der Waals surface area contributed by atoms with Crippen LogP contribution < -0.4 is 4.74 Å². The first-order valence-corrected chi connectivity index (χ1v) is 10.9. The van der Waals surface area contributed by atoms with Crippen molar-refractivity contribution in [1.82, 2.24) is 9.88 Å². The van der Waals surface area contributed by atoms with E-state index < -0.39 is 17.7 Å². The number of aliphatic hydroxyl groups is 1. The van der Waals surface area contributed by atoms with Crippen LogP contribution in [-0.2, 0) is 16.0 Å². The Hall–Kier alpha value is -4.00. The molecule has 0 spiro atoms. The summed E-state index contributed by atoms with van der Waals surface area (Å²) < 4.78 is 18.6. The molecule has 1 N–H and O–H groups in total. The van der Waals surface area contributed by atoms with Gasteiger partial charge in [0.2, 0.25) is 0 Å². The molecule has 4 rings (SSSR count). The third-order valence-corrected chi connectivity index (χ3v) is 6.06. The van der Waals surface area contributed by atoms with Crippen molar-refractivity contribution in [2.75, 3.05) is 13.7 Å². The van der Waals surface area contributed by atoms with E-state index in [-0.39, 0.29) is 23.7 Å². The number of ether oxygens (including phenoxy) is 1. The molecule has 3 aromatic rings. The minimum absolute atomic E-state index is 0.00419. The largest absolute Gasteiger partial charge is 0.507 e. The number of nitrogens with zero attached hydrogens (tertiary/aromatic N) is 2. The van der Waals surface area contributed by atoms with Crippen LogP contribution in [0.2, 0.25) is 0 Å². The third kappa shape index (κ3) is 4.29. The molecule has 2 heterocycles. The summed E-state index contributed by atoms with van der Waals surface area (Å²) in [6.07, 6.45) is 2.00. The Morgan fingerprint density at radius 3 is 2.47 bits per heavy atom. The fourth-order valence-electron chi connectivity index (χ4n) is 4.27. The molecule has 0 aliphatic carbocycles. The van der Waals surface area contributed by atoms with Gasteiger partial charge in [0.15, 0.2) is 0 Å². The number of aryl methyl sites for hydroxylation is 2. The average molecular weight is 461 g/mol. The molecule has 1 aromatic heterocycles. The fourth-order valence-corrected chi connectivity index (χ4v) is 4.27. The highest BCUT2D eigenvalue weighted by molar-refractivity contribution is 6.46. The van der Waals surface area contributed by atoms with Gasteiger partial charge < -0.3 is 14.7 Å². The lowest BCUT2D eigenvalue weighted by Crippen LogP contribution is -2.32. The van der Waals surface area contributed by atoms with E-state index in [1.807, 2.05) is 6.92 Å². The van der Waals surface area contributed by atoms with Gasteiger partial charge in [0.1, 0.15) is 23.4 Å². The standard InChI is InChI=1S/C27H25FN2O4/c1-16-15-22(34-3)17(2)14-20(16)25(31)23-24(21-6-4-5-12-29-21)30(27(33)26(23)32)13-11-18-7-9-19(28)10-8-18/h4-10,12,14-15,24,31H,11,13H2,1-3H3/b25-23+. The molecule has 0 radical (unpaired) electrons. The smallest absolute Gasteiger partial charge is 0.295 e. The lowest BCUT2D eigenvalue weighted by Gasteiger charge is -2.24. The Labute approximate surface area is 197 Å². The zero-order chi connectivity index (χ0) is 24.4. The number of benzene rings is 2. The number of carbonyl (C=O) groups is 2. The molecule has 1 aliphatic heterocycles. The summed E-state index contributed by atoms with van der Waals surface area (Å²) in [7, 11) is 1.56. The van der Waals surface area contributed by atoms with E-state index in [0.717, 1.165) is 11.1 Å². The van der Waals surface area contributed by atoms with Crippen LogP contribution in [0.1, 0.15) is 34.0 Å². The number of methoxy groups -OCH3 is 1. The zero-order valence-electron chi connectivity index (χ0n) is 19.2. The van der Waals surface area contributed by atoms with Crippen molar-refractivity contribution < 1.29 is 23.8 Å². The summed E-state index contributed by atoms with van der Waals surface area (Å²) in [4.78, 5) is 32.1. The minimum atomic E-state index is -0.844. The molecule has 1 fully saturated rings. The number of rotatable bonds is 6. The van der Waals surface area contributed by atoms with Crippen molar-refractivity contribution in [2.45, 2.75) is 26.3 Å². The Morgan fingerprint density at radius 2 is 1.82 bits per heavy atom. The number of pyridine rings is 1. The Balaban J connectivity index is 1.79. The molecule has 1 aliphatic rings. The molecule has 1 saturated heterocycles. The topological polar surface area (TPSA) is 79.7 Å². The Morgan fingerprint density at radius 1 is 1.09 bits per heavy atom. The molecule has 1 unspecified atom stereocenters. The Bertz CT molecular complexity index is 1270. The molecule has 6 nitrogen and oxygen atoms in total. The summed E-state index contributed by atoms with van der Waals surface area (Å²) in [6.45, 7) is 3.85. The van der Waals surface area contributed by atoms with Gasteiger partial charge in [0.05, 0.1) is 18.4 Å². The summed E-state index contributed by atoms with van der Waals surface area (Å²) in [5.41, 5.74) is 3.24. The zero-order valence-corrected chi connectivity index (χ0v) is 19.2. The number of hydrogen-bond acceptors (Lipinski definition) is 5. The molecule has 0 bridgehead atoms. The van der Waals surface area contributed by atoms with Gasteiger partial charge in [0, 0.05) is 18.3 Å². The van der Waals surface area contributed by atoms with Crippen molar-refractivity contribution >= 4 is 17.4 Å². The number of aromatic nitrogens is 1. The molecule has 174 valence electrons. The van der Waals surface area contributed by atoms with Gasteiger partial charge in [-0.05, 0) is 73.4 Å². The van der Waals surface area contributed by atoms with Gasteiger partial charge in [0.25, 0.3) is 11.7 Å². The number of aliphatic hydroxyl groups excluding tert-OH is 1. The van der Waals surface area contributed by atoms with Crippen LogP contribution >= 0.6 is 0 Å². The van der Waals surface area contributed by atoms with Gasteiger partial charge in [-0.1, -0.05) is 18.2 Å². The van der Waals surface area contributed by atoms with Gasteiger partial charge in [-0.15, -0.1) is 0 Å². The maximum Gasteiger partial charge on any atom is 0.295 e. The quantitative estimate of drug-likeness (QED) is 0.333. The van der Waals surface area contributed by atoms with Crippen molar-refractivity contribution in [3.63, 3.8) is 0 Å². The first-order chi connectivity index (χ1) is 16.3. The fraction of sp³-hybridized carbons (Fsp3) is 0.222. The maximum atomic E-state index is 13.3. The molecule has 2 aromatic carbocycles. The van der Waals surface area contributed by atoms with E-state index in [4.69, 9.17) is 4.74 Å². The van der Waals surface area contributed by atoms with Crippen molar-refractivity contribution in [1.29, 1.82) is 0 Å². The first kappa shape index (κ1) is 23.2. The average Bonchev–Trinajstić information content (AvgIpc) is 3.10. The number of carbonyl (C=O) groups excluding carboxylic acids is 2. The van der Waals surface area contributed by atoms with Crippen LogP contribution in [0.3, 0.4) is 0 Å². The minimum Gasteiger partial charge on any atom is -0.507 e. The summed E-state index contributed by atoms with van der Waals surface area (Å²) >= 11 is 0. The predicted octanol–water partition coefficient (Wildman–Crippen LogP) is 4.51. The predicted molar refractivity (Wildman–Crippen MR) is 126 cm³/mol. The van der Waals surface area contributed by atoms with Crippen LogP contribution in [0.4, 0.5) is 4.39 Å². The van der Waals surface area contributed by atoms with Crippen molar-refractivity contribution in [3.8, 4) is 5.75 Å². The number of ketones is 1. The third-order valence-electron chi connectivity index (χ3n) is 6.06. The van der Waals surface area contributed by atoms with Gasteiger partial charge in [-0.3, -0.25) is 14.6 Å². The van der Waals surface area contributed by atoms with Gasteiger partial charge >= 0.3 is 0 Å². The van der Waals surface area contributed by atoms with Crippen molar-refractivity contribution in [2.24, 2.45) is 0 Å². The molecule has 34 heavy (non-hydrogen) atoms. The van der Waals surface area contributed by atoms with E-state index in [0.29, 0.717) is 29.0 Å². The highest BCUT2D eigenvalue weighted by Crippen LogP contribution is 2.40. The number of likely N-dealkylation sites (tertiary alicyclic amines) is 1. The lowest BCUT2D eigenvalue weighted by molar-refractivity contribution is -0.139. The number of halogens is 1. The number of amides is 1. The van der Waals surface area contributed by atoms with Crippen LogP contribution in [-0.4, -0.2) is 40.3 Å². The summed E-state index contributed by atoms with van der Waals surface area (Å²) in [6, 6.07) is 13.9. The highest BCUT2D eigenvalue weighted by atomic mass is 19.1. The highest BCUT2D eigenvalue weighted by Gasteiger charge is 2.46. The van der Waals surface area contributed by atoms with E-state index in [2.05, 4.69) is 4.98 Å². The van der Waals surface area contributed by atoms with Crippen LogP contribution in [0.25, 0.3) is 5.76 Å². The molecule has 0 saturated carbocycles. The molecule has 1 atom stereocenters.